The summed E-state index contributed by atoms with van der Waals surface area (Å²) < 4.78 is 60.4. The highest BCUT2D eigenvalue weighted by Gasteiger charge is 2.26. The predicted molar refractivity (Wildman–Crippen MR) is 159 cm³/mol. The summed E-state index contributed by atoms with van der Waals surface area (Å²) in [7, 11) is 1.44. The number of halogens is 3. The molecule has 10 nitrogen and oxygen atoms in total. The van der Waals surface area contributed by atoms with Crippen molar-refractivity contribution in [3.63, 3.8) is 0 Å². The number of phenols is 1. The lowest BCUT2D eigenvalue weighted by Gasteiger charge is -2.31. The number of rotatable bonds is 12. The van der Waals surface area contributed by atoms with Crippen molar-refractivity contribution in [2.45, 2.75) is 38.1 Å². The van der Waals surface area contributed by atoms with Crippen LogP contribution in [0.25, 0.3) is 10.9 Å². The van der Waals surface area contributed by atoms with Gasteiger partial charge in [-0.05, 0) is 54.3 Å². The Morgan fingerprint density at radius 1 is 0.978 bits per heavy atom. The second-order valence-electron chi connectivity index (χ2n) is 10.7. The Morgan fingerprint density at radius 3 is 2.40 bits per heavy atom. The number of alkyl halides is 2. The Balaban J connectivity index is 1.55. The summed E-state index contributed by atoms with van der Waals surface area (Å²) in [5.41, 5.74) is -0.167. The summed E-state index contributed by atoms with van der Waals surface area (Å²) in [6.45, 7) is -1.73. The molecule has 1 saturated heterocycles. The van der Waals surface area contributed by atoms with E-state index < -0.39 is 48.3 Å². The first-order valence-corrected chi connectivity index (χ1v) is 14.3. The van der Waals surface area contributed by atoms with Gasteiger partial charge in [0.1, 0.15) is 25.7 Å². The van der Waals surface area contributed by atoms with E-state index in [9.17, 15) is 28.3 Å². The van der Waals surface area contributed by atoms with Crippen LogP contribution in [0.15, 0.2) is 64.2 Å². The highest BCUT2D eigenvalue weighted by Crippen LogP contribution is 2.31. The van der Waals surface area contributed by atoms with Crippen LogP contribution >= 0.6 is 0 Å². The highest BCUT2D eigenvalue weighted by molar-refractivity contribution is 5.80. The van der Waals surface area contributed by atoms with Crippen LogP contribution in [0.3, 0.4) is 0 Å². The number of carbonyl (C=O) groups is 1. The van der Waals surface area contributed by atoms with Gasteiger partial charge in [-0.15, -0.1) is 0 Å². The van der Waals surface area contributed by atoms with Gasteiger partial charge in [-0.1, -0.05) is 18.2 Å². The minimum atomic E-state index is -1.56. The summed E-state index contributed by atoms with van der Waals surface area (Å²) in [6, 6.07) is 13.1. The zero-order valence-electron chi connectivity index (χ0n) is 24.5. The number of nitrogens with zero attached hydrogens (tertiary/aromatic N) is 3. The van der Waals surface area contributed by atoms with Crippen molar-refractivity contribution >= 4 is 17.3 Å². The van der Waals surface area contributed by atoms with E-state index in [2.05, 4.69) is 0 Å². The van der Waals surface area contributed by atoms with Crippen molar-refractivity contribution in [1.29, 1.82) is 0 Å². The molecule has 0 radical (unpaired) electrons. The molecule has 0 unspecified atom stereocenters. The highest BCUT2D eigenvalue weighted by atomic mass is 19.1. The number of phenolic OH excluding ortho intramolecular Hbond substituents is 1. The first kappa shape index (κ1) is 31.5. The van der Waals surface area contributed by atoms with Gasteiger partial charge in [0.15, 0.2) is 29.2 Å². The van der Waals surface area contributed by atoms with Crippen molar-refractivity contribution in [2.24, 2.45) is 0 Å². The molecule has 1 fully saturated rings. The fraction of sp³-hybridized carbons (Fsp3) is 0.344. The van der Waals surface area contributed by atoms with Crippen molar-refractivity contribution in [2.75, 3.05) is 33.5 Å². The van der Waals surface area contributed by atoms with Gasteiger partial charge in [-0.25, -0.2) is 18.0 Å². The van der Waals surface area contributed by atoms with E-state index in [1.807, 2.05) is 0 Å². The van der Waals surface area contributed by atoms with Gasteiger partial charge in [0, 0.05) is 25.2 Å². The number of aromatic hydroxyl groups is 1. The summed E-state index contributed by atoms with van der Waals surface area (Å²) in [5, 5.41) is 9.64. The number of likely N-dealkylation sites (tertiary alicyclic amines) is 1. The van der Waals surface area contributed by atoms with Gasteiger partial charge in [-0.3, -0.25) is 18.7 Å². The molecule has 1 amide bonds. The Morgan fingerprint density at radius 2 is 1.73 bits per heavy atom. The summed E-state index contributed by atoms with van der Waals surface area (Å²) in [6.07, 6.45) is -0.0656. The van der Waals surface area contributed by atoms with Crippen LogP contribution in [0.2, 0.25) is 0 Å². The smallest absolute Gasteiger partial charge is 0.332 e. The Kier molecular flexibility index (Phi) is 9.65. The van der Waals surface area contributed by atoms with Gasteiger partial charge < -0.3 is 24.2 Å². The second-order valence-corrected chi connectivity index (χ2v) is 10.7. The molecule has 13 heteroatoms. The fourth-order valence-corrected chi connectivity index (χ4v) is 5.41. The van der Waals surface area contributed by atoms with Crippen LogP contribution in [0.1, 0.15) is 30.0 Å². The predicted octanol–water partition coefficient (Wildman–Crippen LogP) is 4.12. The third-order valence-corrected chi connectivity index (χ3v) is 7.75. The van der Waals surface area contributed by atoms with E-state index in [4.69, 9.17) is 14.2 Å². The maximum Gasteiger partial charge on any atom is 0.332 e. The molecular weight excluding hydrogens is 595 g/mol. The van der Waals surface area contributed by atoms with Crippen LogP contribution in [0.4, 0.5) is 13.2 Å². The minimum absolute atomic E-state index is 0.0148. The Labute approximate surface area is 255 Å². The number of piperidine rings is 1. The lowest BCUT2D eigenvalue weighted by atomic mass is 10.0. The molecule has 5 rings (SSSR count). The molecule has 0 bridgehead atoms. The lowest BCUT2D eigenvalue weighted by Crippen LogP contribution is -2.44. The van der Waals surface area contributed by atoms with Crippen molar-refractivity contribution in [1.82, 2.24) is 14.0 Å². The van der Waals surface area contributed by atoms with Gasteiger partial charge in [0.2, 0.25) is 6.41 Å². The molecule has 4 aromatic rings. The number of hydrogen-bond acceptors (Lipinski definition) is 7. The molecule has 2 heterocycles. The normalized spacial score (nSPS) is 13.8. The second kappa shape index (κ2) is 13.8. The van der Waals surface area contributed by atoms with Crippen LogP contribution in [0, 0.1) is 5.82 Å². The number of hydrogen-bond donors (Lipinski definition) is 1. The number of methoxy groups -OCH3 is 1. The van der Waals surface area contributed by atoms with Crippen molar-refractivity contribution < 1.29 is 37.3 Å². The largest absolute Gasteiger partial charge is 0.508 e. The zero-order valence-corrected chi connectivity index (χ0v) is 24.5. The van der Waals surface area contributed by atoms with E-state index in [0.29, 0.717) is 43.0 Å². The molecular formula is C32H32F3N3O7. The number of benzene rings is 3. The fourth-order valence-electron chi connectivity index (χ4n) is 5.41. The van der Waals surface area contributed by atoms with Crippen molar-refractivity contribution in [3.05, 3.63) is 92.4 Å². The van der Waals surface area contributed by atoms with Gasteiger partial charge in [-0.2, -0.15) is 0 Å². The third kappa shape index (κ3) is 6.76. The maximum atomic E-state index is 15.2. The van der Waals surface area contributed by atoms with Gasteiger partial charge >= 0.3 is 5.69 Å². The summed E-state index contributed by atoms with van der Waals surface area (Å²) in [4.78, 5) is 40.6. The monoisotopic (exact) mass is 627 g/mol. The van der Waals surface area contributed by atoms with Crippen LogP contribution < -0.4 is 25.5 Å². The summed E-state index contributed by atoms with van der Waals surface area (Å²) >= 11 is 0. The molecule has 1 aliphatic heterocycles. The molecule has 1 aromatic heterocycles. The van der Waals surface area contributed by atoms with Crippen LogP contribution in [-0.2, 0) is 17.9 Å². The third-order valence-electron chi connectivity index (χ3n) is 7.75. The molecule has 0 atom stereocenters. The molecule has 0 saturated carbocycles. The average molecular weight is 628 g/mol. The molecule has 3 aromatic carbocycles. The molecule has 0 spiro atoms. The first-order valence-electron chi connectivity index (χ1n) is 14.3. The number of amides is 1. The molecule has 45 heavy (non-hydrogen) atoms. The van der Waals surface area contributed by atoms with E-state index in [0.717, 1.165) is 28.7 Å². The van der Waals surface area contributed by atoms with E-state index in [1.54, 1.807) is 47.4 Å². The standard InChI is InChI=1S/C32H32F3N3O7/c1-43-30-12-20(5-6-28(30)44-18-21-3-2-4-23(40)11-21)17-37-31(41)25-13-29(45-24(15-33)16-34)26(35)14-27(25)38(32(37)42)22-7-9-36(19-39)10-8-22/h2-6,11-14,19,22,24,40H,7-10,15-18H2,1H3. The molecule has 0 aliphatic carbocycles. The number of fused-ring (bicyclic) bond motifs is 1. The number of ether oxygens (including phenoxy) is 3. The molecule has 1 N–H and O–H groups in total. The zero-order chi connectivity index (χ0) is 32.1. The van der Waals surface area contributed by atoms with E-state index in [1.165, 1.54) is 11.7 Å². The van der Waals surface area contributed by atoms with Crippen molar-refractivity contribution in [3.8, 4) is 23.0 Å². The van der Waals surface area contributed by atoms with E-state index >= 15 is 4.39 Å². The van der Waals surface area contributed by atoms with E-state index in [-0.39, 0.29) is 29.8 Å². The molecule has 238 valence electrons. The number of aromatic nitrogens is 2. The Hall–Kier alpha value is -4.94. The van der Waals surface area contributed by atoms with Gasteiger partial charge in [0.25, 0.3) is 5.56 Å². The average Bonchev–Trinajstić information content (AvgIpc) is 3.05. The summed E-state index contributed by atoms with van der Waals surface area (Å²) in [5.74, 6) is -0.657. The molecule has 1 aliphatic rings. The van der Waals surface area contributed by atoms with Crippen LogP contribution in [0.5, 0.6) is 23.0 Å². The first-order chi connectivity index (χ1) is 21.8. The lowest BCUT2D eigenvalue weighted by molar-refractivity contribution is -0.119. The topological polar surface area (TPSA) is 112 Å². The Bertz CT molecular complexity index is 1800. The minimum Gasteiger partial charge on any atom is -0.508 e. The van der Waals surface area contributed by atoms with Gasteiger partial charge in [0.05, 0.1) is 24.6 Å². The SMILES string of the molecule is COc1cc(Cn2c(=O)c3cc(OC(CF)CF)c(F)cc3n(C3CCN(C=O)CC3)c2=O)ccc1OCc1cccc(O)c1. The number of carbonyl (C=O) groups excluding carboxylic acids is 1. The van der Waals surface area contributed by atoms with Crippen LogP contribution in [-0.4, -0.2) is 65.2 Å². The quantitative estimate of drug-likeness (QED) is 0.235. The maximum absolute atomic E-state index is 15.2.